The zero-order chi connectivity index (χ0) is 18.8. The van der Waals surface area contributed by atoms with Crippen LogP contribution in [-0.4, -0.2) is 32.2 Å². The fourth-order valence-corrected chi connectivity index (χ4v) is 2.28. The van der Waals surface area contributed by atoms with Gasteiger partial charge in [0.2, 0.25) is 0 Å². The first-order chi connectivity index (χ1) is 12.6. The number of anilines is 1. The lowest BCUT2D eigenvalue weighted by Crippen LogP contribution is -2.21. The molecular weight excluding hydrogens is 358 g/mol. The van der Waals surface area contributed by atoms with Crippen molar-refractivity contribution in [2.45, 2.75) is 12.8 Å². The van der Waals surface area contributed by atoms with Crippen molar-refractivity contribution >= 4 is 29.2 Å². The molecule has 0 saturated carbocycles. The predicted molar refractivity (Wildman–Crippen MR) is 98.8 cm³/mol. The molecule has 26 heavy (non-hydrogen) atoms. The molecule has 6 nitrogen and oxygen atoms in total. The zero-order valence-electron chi connectivity index (χ0n) is 14.4. The Balaban J connectivity index is 1.67. The zero-order valence-corrected chi connectivity index (χ0v) is 15.1. The molecule has 1 amide bonds. The number of methoxy groups -OCH3 is 1. The highest BCUT2D eigenvalue weighted by Crippen LogP contribution is 2.27. The first-order valence-electron chi connectivity index (χ1n) is 8.05. The first kappa shape index (κ1) is 19.6. The van der Waals surface area contributed by atoms with E-state index in [0.717, 1.165) is 5.75 Å². The number of para-hydroxylation sites is 1. The van der Waals surface area contributed by atoms with Crippen LogP contribution in [0.5, 0.6) is 11.5 Å². The Bertz CT molecular complexity index is 736. The largest absolute Gasteiger partial charge is 0.495 e. The van der Waals surface area contributed by atoms with Crippen LogP contribution in [-0.2, 0) is 14.3 Å². The third-order valence-corrected chi connectivity index (χ3v) is 3.57. The molecule has 2 rings (SSSR count). The van der Waals surface area contributed by atoms with Gasteiger partial charge in [-0.3, -0.25) is 9.59 Å². The summed E-state index contributed by atoms with van der Waals surface area (Å²) in [5, 5.41) is 3.05. The van der Waals surface area contributed by atoms with E-state index in [0.29, 0.717) is 29.5 Å². The van der Waals surface area contributed by atoms with E-state index in [9.17, 15) is 9.59 Å². The second-order valence-electron chi connectivity index (χ2n) is 5.32. The van der Waals surface area contributed by atoms with Crippen LogP contribution in [0.3, 0.4) is 0 Å². The number of nitrogens with one attached hydrogen (secondary N) is 1. The maximum Gasteiger partial charge on any atom is 0.306 e. The molecular formula is C19H20ClNO5. The quantitative estimate of drug-likeness (QED) is 0.533. The monoisotopic (exact) mass is 377 g/mol. The van der Waals surface area contributed by atoms with Gasteiger partial charge < -0.3 is 19.5 Å². The lowest BCUT2D eigenvalue weighted by Gasteiger charge is -2.11. The Kier molecular flexibility index (Phi) is 7.76. The molecule has 0 unspecified atom stereocenters. The van der Waals surface area contributed by atoms with E-state index < -0.39 is 11.9 Å². The van der Waals surface area contributed by atoms with Crippen molar-refractivity contribution in [2.75, 3.05) is 25.6 Å². The molecule has 0 radical (unpaired) electrons. The van der Waals surface area contributed by atoms with Crippen LogP contribution in [0.2, 0.25) is 5.02 Å². The van der Waals surface area contributed by atoms with Crippen molar-refractivity contribution in [1.29, 1.82) is 0 Å². The van der Waals surface area contributed by atoms with Crippen LogP contribution < -0.4 is 14.8 Å². The fourth-order valence-electron chi connectivity index (χ4n) is 2.11. The van der Waals surface area contributed by atoms with Gasteiger partial charge in [0.1, 0.15) is 11.5 Å². The molecule has 0 saturated heterocycles. The number of esters is 1. The normalized spacial score (nSPS) is 10.1. The van der Waals surface area contributed by atoms with Crippen molar-refractivity contribution in [1.82, 2.24) is 0 Å². The van der Waals surface area contributed by atoms with Gasteiger partial charge in [0.25, 0.3) is 5.91 Å². The van der Waals surface area contributed by atoms with Crippen molar-refractivity contribution in [3.05, 3.63) is 53.6 Å². The van der Waals surface area contributed by atoms with Gasteiger partial charge in [-0.2, -0.15) is 0 Å². The van der Waals surface area contributed by atoms with Gasteiger partial charge in [0.15, 0.2) is 6.61 Å². The van der Waals surface area contributed by atoms with Gasteiger partial charge in [-0.1, -0.05) is 29.8 Å². The molecule has 2 aromatic rings. The van der Waals surface area contributed by atoms with E-state index in [1.165, 1.54) is 7.11 Å². The smallest absolute Gasteiger partial charge is 0.306 e. The summed E-state index contributed by atoms with van der Waals surface area (Å²) in [6.07, 6.45) is 0.665. The maximum absolute atomic E-state index is 11.9. The molecule has 0 aliphatic carbocycles. The minimum Gasteiger partial charge on any atom is -0.495 e. The summed E-state index contributed by atoms with van der Waals surface area (Å²) >= 11 is 5.90. The second-order valence-corrected chi connectivity index (χ2v) is 5.75. The van der Waals surface area contributed by atoms with Crippen LogP contribution in [0.25, 0.3) is 0 Å². The Morgan fingerprint density at radius 3 is 2.62 bits per heavy atom. The summed E-state index contributed by atoms with van der Waals surface area (Å²) in [4.78, 5) is 23.6. The van der Waals surface area contributed by atoms with Crippen molar-refractivity contribution in [3.63, 3.8) is 0 Å². The van der Waals surface area contributed by atoms with Gasteiger partial charge in [-0.15, -0.1) is 0 Å². The lowest BCUT2D eigenvalue weighted by molar-refractivity contribution is -0.147. The van der Waals surface area contributed by atoms with E-state index in [1.807, 2.05) is 30.3 Å². The standard InChI is InChI=1S/C19H20ClNO5/c1-24-17-10-9-14(20)12-16(17)21-18(22)13-26-19(23)8-5-11-25-15-6-3-2-4-7-15/h2-4,6-7,9-10,12H,5,8,11,13H2,1H3,(H,21,22). The summed E-state index contributed by atoms with van der Waals surface area (Å²) in [7, 11) is 1.48. The minimum absolute atomic E-state index is 0.167. The number of carbonyl (C=O) groups is 2. The second kappa shape index (κ2) is 10.3. The molecule has 0 spiro atoms. The number of rotatable bonds is 9. The summed E-state index contributed by atoms with van der Waals surface area (Å²) in [5.41, 5.74) is 0.414. The minimum atomic E-state index is -0.473. The molecule has 0 fully saturated rings. The summed E-state index contributed by atoms with van der Waals surface area (Å²) in [6.45, 7) is 0.0130. The average Bonchev–Trinajstić information content (AvgIpc) is 2.65. The highest BCUT2D eigenvalue weighted by molar-refractivity contribution is 6.31. The molecule has 2 aromatic carbocycles. The van der Waals surface area contributed by atoms with Gasteiger partial charge in [0.05, 0.1) is 19.4 Å². The van der Waals surface area contributed by atoms with E-state index in [-0.39, 0.29) is 13.0 Å². The first-order valence-corrected chi connectivity index (χ1v) is 8.43. The number of hydrogen-bond donors (Lipinski definition) is 1. The van der Waals surface area contributed by atoms with Gasteiger partial charge in [-0.25, -0.2) is 0 Å². The Hall–Kier alpha value is -2.73. The summed E-state index contributed by atoms with van der Waals surface area (Å²) in [5.74, 6) is 0.275. The van der Waals surface area contributed by atoms with Crippen LogP contribution in [0.15, 0.2) is 48.5 Å². The number of carbonyl (C=O) groups excluding carboxylic acids is 2. The Morgan fingerprint density at radius 2 is 1.88 bits per heavy atom. The Labute approximate surface area is 157 Å². The van der Waals surface area contributed by atoms with E-state index >= 15 is 0 Å². The van der Waals surface area contributed by atoms with E-state index in [1.54, 1.807) is 18.2 Å². The van der Waals surface area contributed by atoms with Gasteiger partial charge in [0, 0.05) is 11.4 Å². The topological polar surface area (TPSA) is 73.9 Å². The highest BCUT2D eigenvalue weighted by atomic mass is 35.5. The molecule has 0 atom stereocenters. The van der Waals surface area contributed by atoms with Crippen LogP contribution in [0.4, 0.5) is 5.69 Å². The Morgan fingerprint density at radius 1 is 1.12 bits per heavy atom. The van der Waals surface area contributed by atoms with Crippen molar-refractivity contribution in [2.24, 2.45) is 0 Å². The maximum atomic E-state index is 11.9. The number of ether oxygens (including phenoxy) is 3. The van der Waals surface area contributed by atoms with Crippen LogP contribution in [0.1, 0.15) is 12.8 Å². The van der Waals surface area contributed by atoms with Crippen LogP contribution in [0, 0.1) is 0 Å². The summed E-state index contributed by atoms with van der Waals surface area (Å²) in [6, 6.07) is 14.2. The van der Waals surface area contributed by atoms with E-state index in [4.69, 9.17) is 25.8 Å². The molecule has 1 N–H and O–H groups in total. The van der Waals surface area contributed by atoms with E-state index in [2.05, 4.69) is 5.32 Å². The molecule has 0 heterocycles. The lowest BCUT2D eigenvalue weighted by atomic mass is 10.3. The molecule has 0 aromatic heterocycles. The van der Waals surface area contributed by atoms with Crippen molar-refractivity contribution in [3.8, 4) is 11.5 Å². The predicted octanol–water partition coefficient (Wildman–Crippen LogP) is 3.69. The van der Waals surface area contributed by atoms with Crippen molar-refractivity contribution < 1.29 is 23.8 Å². The number of halogens is 1. The van der Waals surface area contributed by atoms with Gasteiger partial charge in [-0.05, 0) is 36.8 Å². The number of benzene rings is 2. The number of hydrogen-bond acceptors (Lipinski definition) is 5. The number of amides is 1. The fraction of sp³-hybridized carbons (Fsp3) is 0.263. The summed E-state index contributed by atoms with van der Waals surface area (Å²) < 4.78 is 15.6. The average molecular weight is 378 g/mol. The molecule has 0 aliphatic rings. The van der Waals surface area contributed by atoms with Crippen LogP contribution >= 0.6 is 11.6 Å². The van der Waals surface area contributed by atoms with Gasteiger partial charge >= 0.3 is 5.97 Å². The highest BCUT2D eigenvalue weighted by Gasteiger charge is 2.11. The third kappa shape index (κ3) is 6.64. The SMILES string of the molecule is COc1ccc(Cl)cc1NC(=O)COC(=O)CCCOc1ccccc1. The molecule has 138 valence electrons. The molecule has 0 aliphatic heterocycles. The molecule has 7 heteroatoms. The molecule has 0 bridgehead atoms. The third-order valence-electron chi connectivity index (χ3n) is 3.34.